The van der Waals surface area contributed by atoms with Crippen LogP contribution in [-0.2, 0) is 4.74 Å². The van der Waals surface area contributed by atoms with Gasteiger partial charge in [0, 0.05) is 19.1 Å². The van der Waals surface area contributed by atoms with Gasteiger partial charge in [-0.1, -0.05) is 26.7 Å². The number of rotatable bonds is 9. The summed E-state index contributed by atoms with van der Waals surface area (Å²) >= 11 is 0. The van der Waals surface area contributed by atoms with Crippen LogP contribution >= 0.6 is 0 Å². The van der Waals surface area contributed by atoms with E-state index in [0.29, 0.717) is 0 Å². The molecule has 3 nitrogen and oxygen atoms in total. The van der Waals surface area contributed by atoms with Crippen molar-refractivity contribution in [2.45, 2.75) is 52.0 Å². The van der Waals surface area contributed by atoms with Gasteiger partial charge in [0.25, 0.3) is 0 Å². The number of nitrogens with zero attached hydrogens (tertiary/aromatic N) is 1. The van der Waals surface area contributed by atoms with Crippen LogP contribution in [0.3, 0.4) is 0 Å². The van der Waals surface area contributed by atoms with E-state index < -0.39 is 0 Å². The molecule has 1 fully saturated rings. The smallest absolute Gasteiger partial charge is 0.0594 e. The summed E-state index contributed by atoms with van der Waals surface area (Å²) in [6.07, 6.45) is 6.53. The molecular weight excluding hydrogens is 212 g/mol. The van der Waals surface area contributed by atoms with E-state index in [2.05, 4.69) is 24.1 Å². The number of morpholine rings is 1. The van der Waals surface area contributed by atoms with E-state index in [9.17, 15) is 0 Å². The molecule has 0 aliphatic carbocycles. The number of unbranched alkanes of at least 4 members (excludes halogenated alkanes) is 1. The minimum absolute atomic E-state index is 0.736. The molecule has 0 aromatic rings. The zero-order valence-electron chi connectivity index (χ0n) is 11.7. The first-order chi connectivity index (χ1) is 8.36. The van der Waals surface area contributed by atoms with Crippen LogP contribution in [0.25, 0.3) is 0 Å². The number of ether oxygens (including phenoxy) is 1. The maximum atomic E-state index is 5.35. The molecule has 1 atom stereocenters. The predicted octanol–water partition coefficient (Wildman–Crippen LogP) is 2.27. The number of hydrogen-bond acceptors (Lipinski definition) is 3. The molecule has 0 saturated carbocycles. The standard InChI is InChI=1S/C14H30N2O/c1-3-5-7-14(4-2)15-8-6-9-16-10-12-17-13-11-16/h14-15H,3-13H2,1-2H3. The molecule has 17 heavy (non-hydrogen) atoms. The Bertz CT molecular complexity index is 170. The van der Waals surface area contributed by atoms with Gasteiger partial charge in [-0.25, -0.2) is 0 Å². The van der Waals surface area contributed by atoms with E-state index in [1.54, 1.807) is 0 Å². The fourth-order valence-corrected chi connectivity index (χ4v) is 2.33. The minimum Gasteiger partial charge on any atom is -0.379 e. The normalized spacial score (nSPS) is 19.4. The van der Waals surface area contributed by atoms with Gasteiger partial charge in [0.2, 0.25) is 0 Å². The molecule has 0 bridgehead atoms. The highest BCUT2D eigenvalue weighted by atomic mass is 16.5. The Morgan fingerprint density at radius 2 is 1.94 bits per heavy atom. The molecule has 1 unspecified atom stereocenters. The highest BCUT2D eigenvalue weighted by Crippen LogP contribution is 2.04. The first-order valence-corrected chi connectivity index (χ1v) is 7.40. The second-order valence-corrected chi connectivity index (χ2v) is 5.01. The van der Waals surface area contributed by atoms with Crippen LogP contribution < -0.4 is 5.32 Å². The van der Waals surface area contributed by atoms with Gasteiger partial charge in [0.15, 0.2) is 0 Å². The van der Waals surface area contributed by atoms with Crippen molar-refractivity contribution >= 4 is 0 Å². The van der Waals surface area contributed by atoms with Crippen LogP contribution in [0, 0.1) is 0 Å². The molecule has 0 spiro atoms. The lowest BCUT2D eigenvalue weighted by Gasteiger charge is -2.26. The zero-order chi connectivity index (χ0) is 12.3. The third-order valence-electron chi connectivity index (χ3n) is 3.59. The van der Waals surface area contributed by atoms with Gasteiger partial charge in [-0.2, -0.15) is 0 Å². The van der Waals surface area contributed by atoms with Crippen LogP contribution in [0.2, 0.25) is 0 Å². The first kappa shape index (κ1) is 14.9. The van der Waals surface area contributed by atoms with Gasteiger partial charge in [-0.3, -0.25) is 4.90 Å². The molecule has 0 amide bonds. The van der Waals surface area contributed by atoms with E-state index in [-0.39, 0.29) is 0 Å². The molecule has 1 rings (SSSR count). The topological polar surface area (TPSA) is 24.5 Å². The van der Waals surface area contributed by atoms with Gasteiger partial charge in [-0.05, 0) is 32.4 Å². The number of nitrogens with one attached hydrogen (secondary N) is 1. The summed E-state index contributed by atoms with van der Waals surface area (Å²) < 4.78 is 5.35. The molecule has 0 aromatic heterocycles. The third kappa shape index (κ3) is 7.02. The average Bonchev–Trinajstić information content (AvgIpc) is 2.39. The largest absolute Gasteiger partial charge is 0.379 e. The lowest BCUT2D eigenvalue weighted by Crippen LogP contribution is -2.38. The third-order valence-corrected chi connectivity index (χ3v) is 3.59. The molecule has 0 radical (unpaired) electrons. The first-order valence-electron chi connectivity index (χ1n) is 7.40. The van der Waals surface area contributed by atoms with Crippen molar-refractivity contribution < 1.29 is 4.74 Å². The second kappa shape index (κ2) is 9.86. The monoisotopic (exact) mass is 242 g/mol. The second-order valence-electron chi connectivity index (χ2n) is 5.01. The van der Waals surface area contributed by atoms with Crippen molar-refractivity contribution in [2.24, 2.45) is 0 Å². The summed E-state index contributed by atoms with van der Waals surface area (Å²) in [5.74, 6) is 0. The summed E-state index contributed by atoms with van der Waals surface area (Å²) in [7, 11) is 0. The van der Waals surface area contributed by atoms with Gasteiger partial charge in [-0.15, -0.1) is 0 Å². The molecule has 0 aromatic carbocycles. The molecular formula is C14H30N2O. The van der Waals surface area contributed by atoms with Gasteiger partial charge < -0.3 is 10.1 Å². The van der Waals surface area contributed by atoms with E-state index in [1.807, 2.05) is 0 Å². The molecule has 102 valence electrons. The lowest BCUT2D eigenvalue weighted by atomic mass is 10.1. The maximum absolute atomic E-state index is 5.35. The Kier molecular flexibility index (Phi) is 8.67. The van der Waals surface area contributed by atoms with E-state index in [0.717, 1.165) is 32.3 Å². The van der Waals surface area contributed by atoms with Crippen molar-refractivity contribution in [1.82, 2.24) is 10.2 Å². The lowest BCUT2D eigenvalue weighted by molar-refractivity contribution is 0.0373. The molecule has 1 N–H and O–H groups in total. The highest BCUT2D eigenvalue weighted by molar-refractivity contribution is 4.67. The van der Waals surface area contributed by atoms with Crippen molar-refractivity contribution in [2.75, 3.05) is 39.4 Å². The fraction of sp³-hybridized carbons (Fsp3) is 1.00. The SMILES string of the molecule is CCCCC(CC)NCCCN1CCOCC1. The van der Waals surface area contributed by atoms with Gasteiger partial charge >= 0.3 is 0 Å². The van der Waals surface area contributed by atoms with Crippen LogP contribution in [-0.4, -0.2) is 50.3 Å². The summed E-state index contributed by atoms with van der Waals surface area (Å²) in [6.45, 7) is 11.0. The van der Waals surface area contributed by atoms with E-state index in [1.165, 1.54) is 45.2 Å². The van der Waals surface area contributed by atoms with Crippen LogP contribution in [0.5, 0.6) is 0 Å². The Morgan fingerprint density at radius 3 is 2.59 bits per heavy atom. The fourth-order valence-electron chi connectivity index (χ4n) is 2.33. The Morgan fingerprint density at radius 1 is 1.18 bits per heavy atom. The molecule has 1 heterocycles. The summed E-state index contributed by atoms with van der Waals surface area (Å²) in [5, 5.41) is 3.69. The van der Waals surface area contributed by atoms with Gasteiger partial charge in [0.05, 0.1) is 13.2 Å². The van der Waals surface area contributed by atoms with Crippen LogP contribution in [0.4, 0.5) is 0 Å². The number of hydrogen-bond donors (Lipinski definition) is 1. The minimum atomic E-state index is 0.736. The summed E-state index contributed by atoms with van der Waals surface area (Å²) in [5.41, 5.74) is 0. The molecule has 1 aliphatic rings. The van der Waals surface area contributed by atoms with E-state index in [4.69, 9.17) is 4.74 Å². The average molecular weight is 242 g/mol. The van der Waals surface area contributed by atoms with Crippen LogP contribution in [0.1, 0.15) is 46.0 Å². The summed E-state index contributed by atoms with van der Waals surface area (Å²) in [4.78, 5) is 2.51. The zero-order valence-corrected chi connectivity index (χ0v) is 11.7. The Hall–Kier alpha value is -0.120. The van der Waals surface area contributed by atoms with Crippen LogP contribution in [0.15, 0.2) is 0 Å². The highest BCUT2D eigenvalue weighted by Gasteiger charge is 2.09. The molecule has 1 aliphatic heterocycles. The van der Waals surface area contributed by atoms with Crippen molar-refractivity contribution in [1.29, 1.82) is 0 Å². The van der Waals surface area contributed by atoms with Crippen molar-refractivity contribution in [3.05, 3.63) is 0 Å². The Balaban J connectivity index is 1.97. The molecule has 3 heteroatoms. The van der Waals surface area contributed by atoms with E-state index >= 15 is 0 Å². The van der Waals surface area contributed by atoms with Crippen molar-refractivity contribution in [3.8, 4) is 0 Å². The van der Waals surface area contributed by atoms with Crippen molar-refractivity contribution in [3.63, 3.8) is 0 Å². The van der Waals surface area contributed by atoms with Gasteiger partial charge in [0.1, 0.15) is 0 Å². The predicted molar refractivity (Wildman–Crippen MR) is 73.5 cm³/mol. The maximum Gasteiger partial charge on any atom is 0.0594 e. The molecule has 1 saturated heterocycles. The summed E-state index contributed by atoms with van der Waals surface area (Å²) in [6, 6.07) is 0.736. The Labute approximate surface area is 107 Å². The quantitative estimate of drug-likeness (QED) is 0.628.